The molecule has 0 saturated heterocycles. The Morgan fingerprint density at radius 3 is 2.50 bits per heavy atom. The summed E-state index contributed by atoms with van der Waals surface area (Å²) in [5.41, 5.74) is 6.95. The van der Waals surface area contributed by atoms with Gasteiger partial charge in [-0.1, -0.05) is 18.9 Å². The molecule has 2 fully saturated rings. The topological polar surface area (TPSA) is 81.1 Å². The van der Waals surface area contributed by atoms with Crippen LogP contribution in [0, 0.1) is 5.82 Å². The van der Waals surface area contributed by atoms with Crippen LogP contribution in [0.1, 0.15) is 78.4 Å². The number of fused-ring (bicyclic) bond motifs is 2. The first-order valence-corrected chi connectivity index (χ1v) is 17.0. The zero-order valence-electron chi connectivity index (χ0n) is 28.0. The van der Waals surface area contributed by atoms with Crippen molar-refractivity contribution in [2.75, 3.05) is 14.1 Å². The molecule has 0 atom stereocenters. The molecule has 246 valence electrons. The molecule has 0 radical (unpaired) electrons. The Hall–Kier alpha value is -4.76. The highest BCUT2D eigenvalue weighted by molar-refractivity contribution is 6.01. The summed E-state index contributed by atoms with van der Waals surface area (Å²) >= 11 is 0. The Morgan fingerprint density at radius 1 is 0.979 bits per heavy atom. The van der Waals surface area contributed by atoms with Gasteiger partial charge < -0.3 is 23.8 Å². The lowest BCUT2D eigenvalue weighted by atomic mass is 9.75. The number of carbonyl (C=O) groups excluding carboxylic acids is 1. The summed E-state index contributed by atoms with van der Waals surface area (Å²) in [4.78, 5) is 25.7. The monoisotopic (exact) mass is 644 g/mol. The van der Waals surface area contributed by atoms with Crippen LogP contribution in [0.3, 0.4) is 0 Å². The zero-order valence-corrected chi connectivity index (χ0v) is 28.0. The lowest BCUT2D eigenvalue weighted by Crippen LogP contribution is -2.52. The molecule has 2 aliphatic carbocycles. The van der Waals surface area contributed by atoms with Crippen LogP contribution in [0.5, 0.6) is 0 Å². The van der Waals surface area contributed by atoms with E-state index in [0.29, 0.717) is 11.5 Å². The number of rotatable bonds is 8. The molecule has 1 N–H and O–H groups in total. The first kappa shape index (κ1) is 30.6. The van der Waals surface area contributed by atoms with Gasteiger partial charge in [-0.05, 0) is 112 Å². The van der Waals surface area contributed by atoms with E-state index in [0.717, 1.165) is 94.9 Å². The van der Waals surface area contributed by atoms with Crippen LogP contribution in [-0.4, -0.2) is 44.0 Å². The number of pyridine rings is 1. The minimum atomic E-state index is -0.546. The van der Waals surface area contributed by atoms with Gasteiger partial charge >= 0.3 is 0 Å². The fourth-order valence-electron chi connectivity index (χ4n) is 7.99. The number of furan rings is 1. The molecule has 0 bridgehead atoms. The zero-order chi connectivity index (χ0) is 33.2. The van der Waals surface area contributed by atoms with E-state index in [4.69, 9.17) is 9.40 Å². The Kier molecular flexibility index (Phi) is 7.47. The second-order valence-electron chi connectivity index (χ2n) is 14.0. The summed E-state index contributed by atoms with van der Waals surface area (Å²) in [5, 5.41) is 4.56. The van der Waals surface area contributed by atoms with Gasteiger partial charge in [-0.15, -0.1) is 0 Å². The number of hydrogen-bond acceptors (Lipinski definition) is 5. The lowest BCUT2D eigenvalue weighted by Gasteiger charge is -2.41. The van der Waals surface area contributed by atoms with E-state index >= 15 is 0 Å². The molecule has 0 unspecified atom stereocenters. The van der Waals surface area contributed by atoms with Gasteiger partial charge in [0.2, 0.25) is 0 Å². The fourth-order valence-corrected chi connectivity index (χ4v) is 7.99. The van der Waals surface area contributed by atoms with Crippen molar-refractivity contribution in [3.05, 3.63) is 95.4 Å². The van der Waals surface area contributed by atoms with Crippen LogP contribution >= 0.6 is 0 Å². The minimum Gasteiger partial charge on any atom is -0.460 e. The Morgan fingerprint density at radius 2 is 1.79 bits per heavy atom. The van der Waals surface area contributed by atoms with E-state index in [9.17, 15) is 9.18 Å². The standard InChI is InChI=1S/C39H41FN6O2/c1-44(2)23-28-13-17-34(48-28)25-11-15-30-33(20-25)46(4)38(42-30)39(18-7-19-39)43-37(47)26-10-14-29-32(21-26)45(3)36(31-16-12-27(40)22-41-31)35(29)24-8-5-6-9-24/h10-17,20-22,24H,5-9,18-19,23H2,1-4H3,(H,43,47). The highest BCUT2D eigenvalue weighted by Gasteiger charge is 2.44. The van der Waals surface area contributed by atoms with Crippen molar-refractivity contribution in [3.8, 4) is 22.7 Å². The molecule has 4 aromatic heterocycles. The van der Waals surface area contributed by atoms with E-state index in [1.807, 2.05) is 64.6 Å². The smallest absolute Gasteiger partial charge is 0.252 e. The molecule has 6 aromatic rings. The van der Waals surface area contributed by atoms with Crippen LogP contribution in [0.2, 0.25) is 0 Å². The number of carbonyl (C=O) groups is 1. The van der Waals surface area contributed by atoms with Crippen LogP contribution in [0.25, 0.3) is 44.6 Å². The van der Waals surface area contributed by atoms with Crippen molar-refractivity contribution in [3.63, 3.8) is 0 Å². The quantitative estimate of drug-likeness (QED) is 0.181. The Balaban J connectivity index is 1.12. The van der Waals surface area contributed by atoms with Gasteiger partial charge in [-0.2, -0.15) is 0 Å². The largest absolute Gasteiger partial charge is 0.460 e. The number of benzene rings is 2. The van der Waals surface area contributed by atoms with Gasteiger partial charge in [0.15, 0.2) is 0 Å². The molecule has 2 aliphatic rings. The number of imidazole rings is 1. The maximum Gasteiger partial charge on any atom is 0.252 e. The van der Waals surface area contributed by atoms with E-state index in [1.165, 1.54) is 30.7 Å². The molecule has 2 aromatic carbocycles. The third kappa shape index (κ3) is 5.12. The van der Waals surface area contributed by atoms with Gasteiger partial charge in [0.05, 0.1) is 40.7 Å². The summed E-state index contributed by atoms with van der Waals surface area (Å²) in [6.45, 7) is 0.742. The molecular weight excluding hydrogens is 603 g/mol. The van der Waals surface area contributed by atoms with Gasteiger partial charge in [0.1, 0.15) is 23.2 Å². The van der Waals surface area contributed by atoms with E-state index < -0.39 is 5.54 Å². The third-order valence-corrected chi connectivity index (χ3v) is 10.5. The second-order valence-corrected chi connectivity index (χ2v) is 14.0. The maximum absolute atomic E-state index is 14.1. The average molecular weight is 645 g/mol. The van der Waals surface area contributed by atoms with Crippen molar-refractivity contribution in [1.29, 1.82) is 0 Å². The van der Waals surface area contributed by atoms with Crippen LogP contribution in [0.4, 0.5) is 4.39 Å². The highest BCUT2D eigenvalue weighted by Crippen LogP contribution is 2.45. The predicted molar refractivity (Wildman–Crippen MR) is 186 cm³/mol. The second kappa shape index (κ2) is 11.7. The molecule has 2 saturated carbocycles. The predicted octanol–water partition coefficient (Wildman–Crippen LogP) is 8.05. The molecule has 0 aliphatic heterocycles. The summed E-state index contributed by atoms with van der Waals surface area (Å²) in [6, 6.07) is 19.5. The number of aromatic nitrogens is 4. The van der Waals surface area contributed by atoms with Gasteiger partial charge in [0.25, 0.3) is 5.91 Å². The lowest BCUT2D eigenvalue weighted by molar-refractivity contribution is 0.0805. The first-order valence-electron chi connectivity index (χ1n) is 17.0. The van der Waals surface area contributed by atoms with E-state index in [2.05, 4.69) is 36.5 Å². The first-order chi connectivity index (χ1) is 23.2. The van der Waals surface area contributed by atoms with Crippen LogP contribution in [0.15, 0.2) is 71.3 Å². The fraction of sp³-hybridized carbons (Fsp3) is 0.359. The van der Waals surface area contributed by atoms with Crippen LogP contribution < -0.4 is 5.32 Å². The number of amides is 1. The summed E-state index contributed by atoms with van der Waals surface area (Å²) < 4.78 is 24.2. The molecule has 1 amide bonds. The third-order valence-electron chi connectivity index (χ3n) is 10.5. The van der Waals surface area contributed by atoms with Crippen molar-refractivity contribution >= 4 is 27.8 Å². The van der Waals surface area contributed by atoms with Gasteiger partial charge in [-0.25, -0.2) is 9.37 Å². The van der Waals surface area contributed by atoms with Crippen LogP contribution in [-0.2, 0) is 26.2 Å². The van der Waals surface area contributed by atoms with Gasteiger partial charge in [-0.3, -0.25) is 9.78 Å². The molecule has 0 spiro atoms. The highest BCUT2D eigenvalue weighted by atomic mass is 19.1. The Labute approximate surface area is 279 Å². The Bertz CT molecular complexity index is 2160. The number of halogens is 1. The normalized spacial score (nSPS) is 16.3. The number of aryl methyl sites for hydroxylation is 2. The number of nitrogens with zero attached hydrogens (tertiary/aromatic N) is 5. The average Bonchev–Trinajstić information content (AvgIpc) is 3.86. The minimum absolute atomic E-state index is 0.113. The van der Waals surface area contributed by atoms with Crippen molar-refractivity contribution in [1.82, 2.24) is 29.3 Å². The SMILES string of the molecule is CN(C)Cc1ccc(-c2ccc3nc(C4(NC(=O)c5ccc6c(C7CCCC7)c(-c7ccc(F)cn7)n(C)c6c5)CCC4)n(C)c3c2)o1. The molecule has 8 rings (SSSR count). The number of hydrogen-bond donors (Lipinski definition) is 1. The van der Waals surface area contributed by atoms with Crippen molar-refractivity contribution < 1.29 is 13.6 Å². The summed E-state index contributed by atoms with van der Waals surface area (Å²) in [5.74, 6) is 2.57. The summed E-state index contributed by atoms with van der Waals surface area (Å²) in [7, 11) is 8.11. The number of nitrogens with one attached hydrogen (secondary N) is 1. The molecular formula is C39H41FN6O2. The molecule has 8 nitrogen and oxygen atoms in total. The maximum atomic E-state index is 14.1. The molecule has 48 heavy (non-hydrogen) atoms. The van der Waals surface area contributed by atoms with Gasteiger partial charge in [0, 0.05) is 36.1 Å². The van der Waals surface area contributed by atoms with E-state index in [-0.39, 0.29) is 11.7 Å². The van der Waals surface area contributed by atoms with Crippen molar-refractivity contribution in [2.24, 2.45) is 14.1 Å². The molecule has 9 heteroatoms. The van der Waals surface area contributed by atoms with Crippen molar-refractivity contribution in [2.45, 2.75) is 62.9 Å². The molecule has 4 heterocycles. The van der Waals surface area contributed by atoms with E-state index in [1.54, 1.807) is 6.07 Å². The summed E-state index contributed by atoms with van der Waals surface area (Å²) in [6.07, 6.45) is 8.59.